The van der Waals surface area contributed by atoms with Crippen LogP contribution in [-0.2, 0) is 16.8 Å². The third-order valence-corrected chi connectivity index (χ3v) is 3.83. The number of fused-ring (bicyclic) bond motifs is 1. The predicted molar refractivity (Wildman–Crippen MR) is 85.4 cm³/mol. The molecule has 1 aromatic carbocycles. The third kappa shape index (κ3) is 3.47. The molecule has 0 amide bonds. The van der Waals surface area contributed by atoms with E-state index in [1.807, 2.05) is 24.3 Å². The molecule has 0 aliphatic heterocycles. The highest BCUT2D eigenvalue weighted by Crippen LogP contribution is 2.24. The summed E-state index contributed by atoms with van der Waals surface area (Å²) in [6, 6.07) is 7.42. The van der Waals surface area contributed by atoms with Crippen molar-refractivity contribution in [3.63, 3.8) is 0 Å². The van der Waals surface area contributed by atoms with Gasteiger partial charge in [-0.3, -0.25) is 4.98 Å². The molecule has 3 rings (SSSR count). The number of ether oxygens (including phenoxy) is 1. The van der Waals surface area contributed by atoms with Crippen molar-refractivity contribution in [2.45, 2.75) is 6.54 Å². The molecule has 3 aromatic rings. The number of aromatic nitrogens is 3. The number of hydrogen-bond donors (Lipinski definition) is 2. The number of hydrogen-bond acceptors (Lipinski definition) is 5. The average molecular weight is 333 g/mol. The fraction of sp³-hybridized carbons (Fsp3) is 0.143. The van der Waals surface area contributed by atoms with Crippen molar-refractivity contribution in [1.29, 1.82) is 0 Å². The van der Waals surface area contributed by atoms with Crippen molar-refractivity contribution >= 4 is 21.1 Å². The van der Waals surface area contributed by atoms with Gasteiger partial charge in [-0.15, -0.1) is 0 Å². The Balaban J connectivity index is 1.96. The molecular weight excluding hydrogens is 318 g/mol. The molecule has 0 saturated carbocycles. The van der Waals surface area contributed by atoms with Crippen LogP contribution in [0.25, 0.3) is 16.6 Å². The summed E-state index contributed by atoms with van der Waals surface area (Å²) < 4.78 is 31.0. The molecular formula is C14H15N5O3S. The SMILES string of the molecule is COc1ccc2c(-n3cc(CNS(N)(=O)=O)cn3)ccnc2c1. The summed E-state index contributed by atoms with van der Waals surface area (Å²) in [4.78, 5) is 4.32. The second-order valence-corrected chi connectivity index (χ2v) is 6.25. The molecule has 9 heteroatoms. The van der Waals surface area contributed by atoms with Gasteiger partial charge < -0.3 is 4.74 Å². The fourth-order valence-electron chi connectivity index (χ4n) is 2.21. The van der Waals surface area contributed by atoms with Crippen LogP contribution in [0.5, 0.6) is 5.75 Å². The molecule has 0 spiro atoms. The Hall–Kier alpha value is -2.49. The Bertz CT molecular complexity index is 952. The van der Waals surface area contributed by atoms with Gasteiger partial charge in [0.1, 0.15) is 5.75 Å². The molecule has 23 heavy (non-hydrogen) atoms. The first-order valence-electron chi connectivity index (χ1n) is 6.70. The van der Waals surface area contributed by atoms with Gasteiger partial charge in [0.15, 0.2) is 0 Å². The summed E-state index contributed by atoms with van der Waals surface area (Å²) in [6.07, 6.45) is 4.99. The quantitative estimate of drug-likeness (QED) is 0.714. The number of nitrogens with one attached hydrogen (secondary N) is 1. The maximum absolute atomic E-state index is 10.9. The molecule has 120 valence electrons. The summed E-state index contributed by atoms with van der Waals surface area (Å²) in [5.74, 6) is 0.723. The third-order valence-electron chi connectivity index (χ3n) is 3.29. The van der Waals surface area contributed by atoms with E-state index in [4.69, 9.17) is 9.88 Å². The van der Waals surface area contributed by atoms with Crippen molar-refractivity contribution in [3.8, 4) is 11.4 Å². The molecule has 0 unspecified atom stereocenters. The lowest BCUT2D eigenvalue weighted by molar-refractivity contribution is 0.415. The normalized spacial score (nSPS) is 11.7. The molecule has 0 aliphatic carbocycles. The highest BCUT2D eigenvalue weighted by Gasteiger charge is 2.08. The number of rotatable bonds is 5. The predicted octanol–water partition coefficient (Wildman–Crippen LogP) is 0.722. The van der Waals surface area contributed by atoms with Crippen LogP contribution in [0.1, 0.15) is 5.56 Å². The van der Waals surface area contributed by atoms with E-state index in [-0.39, 0.29) is 6.54 Å². The lowest BCUT2D eigenvalue weighted by Crippen LogP contribution is -2.30. The van der Waals surface area contributed by atoms with Crippen LogP contribution < -0.4 is 14.6 Å². The van der Waals surface area contributed by atoms with E-state index in [0.29, 0.717) is 5.56 Å². The van der Waals surface area contributed by atoms with Crippen LogP contribution in [0.2, 0.25) is 0 Å². The van der Waals surface area contributed by atoms with Gasteiger partial charge in [-0.25, -0.2) is 9.82 Å². The first kappa shape index (κ1) is 15.4. The zero-order chi connectivity index (χ0) is 16.4. The highest BCUT2D eigenvalue weighted by atomic mass is 32.2. The van der Waals surface area contributed by atoms with Gasteiger partial charge in [0.2, 0.25) is 0 Å². The highest BCUT2D eigenvalue weighted by molar-refractivity contribution is 7.87. The van der Waals surface area contributed by atoms with E-state index in [2.05, 4.69) is 14.8 Å². The van der Waals surface area contributed by atoms with Crippen LogP contribution in [0.3, 0.4) is 0 Å². The number of methoxy groups -OCH3 is 1. The van der Waals surface area contributed by atoms with Gasteiger partial charge in [0.25, 0.3) is 10.2 Å². The van der Waals surface area contributed by atoms with Crippen molar-refractivity contribution < 1.29 is 13.2 Å². The van der Waals surface area contributed by atoms with Gasteiger partial charge in [0.05, 0.1) is 24.5 Å². The van der Waals surface area contributed by atoms with E-state index < -0.39 is 10.2 Å². The van der Waals surface area contributed by atoms with Gasteiger partial charge in [-0.1, -0.05) is 0 Å². The monoisotopic (exact) mass is 333 g/mol. The molecule has 0 atom stereocenters. The van der Waals surface area contributed by atoms with Gasteiger partial charge in [0, 0.05) is 36.0 Å². The molecule has 8 nitrogen and oxygen atoms in total. The Labute approximate surface area is 133 Å². The van der Waals surface area contributed by atoms with Crippen molar-refractivity contribution in [2.75, 3.05) is 7.11 Å². The number of benzene rings is 1. The van der Waals surface area contributed by atoms with Crippen molar-refractivity contribution in [1.82, 2.24) is 19.5 Å². The summed E-state index contributed by atoms with van der Waals surface area (Å²) in [7, 11) is -2.13. The maximum Gasteiger partial charge on any atom is 0.274 e. The topological polar surface area (TPSA) is 112 Å². The Morgan fingerprint density at radius 2 is 2.17 bits per heavy atom. The van der Waals surface area contributed by atoms with Gasteiger partial charge >= 0.3 is 0 Å². The minimum absolute atomic E-state index is 0.0790. The van der Waals surface area contributed by atoms with Crippen molar-refractivity contribution in [3.05, 3.63) is 48.4 Å². The molecule has 2 heterocycles. The van der Waals surface area contributed by atoms with E-state index in [1.165, 1.54) is 0 Å². The molecule has 0 radical (unpaired) electrons. The Kier molecular flexibility index (Phi) is 3.99. The van der Waals surface area contributed by atoms with Crippen molar-refractivity contribution in [2.24, 2.45) is 5.14 Å². The van der Waals surface area contributed by atoms with Crippen LogP contribution in [-0.4, -0.2) is 30.3 Å². The fourth-order valence-corrected chi connectivity index (χ4v) is 2.57. The summed E-state index contributed by atoms with van der Waals surface area (Å²) in [5.41, 5.74) is 2.30. The zero-order valence-corrected chi connectivity index (χ0v) is 13.1. The molecule has 0 saturated heterocycles. The van der Waals surface area contributed by atoms with Gasteiger partial charge in [-0.2, -0.15) is 18.2 Å². The lowest BCUT2D eigenvalue weighted by Gasteiger charge is -2.07. The largest absolute Gasteiger partial charge is 0.497 e. The second kappa shape index (κ2) is 5.95. The summed E-state index contributed by atoms with van der Waals surface area (Å²) >= 11 is 0. The molecule has 0 aliphatic rings. The maximum atomic E-state index is 10.9. The van der Waals surface area contributed by atoms with E-state index in [0.717, 1.165) is 22.3 Å². The lowest BCUT2D eigenvalue weighted by atomic mass is 10.2. The Morgan fingerprint density at radius 3 is 2.91 bits per heavy atom. The standard InChI is InChI=1S/C14H15N5O3S/c1-22-11-2-3-12-13(6-11)16-5-4-14(12)19-9-10(7-17-19)8-18-23(15,20)21/h2-7,9,18H,8H2,1H3,(H2,15,20,21). The molecule has 0 bridgehead atoms. The summed E-state index contributed by atoms with van der Waals surface area (Å²) in [5, 5.41) is 10.1. The van der Waals surface area contributed by atoms with Crippen LogP contribution in [0.4, 0.5) is 0 Å². The first-order chi connectivity index (χ1) is 11.0. The van der Waals surface area contributed by atoms with Gasteiger partial charge in [-0.05, 0) is 18.2 Å². The zero-order valence-electron chi connectivity index (χ0n) is 12.3. The summed E-state index contributed by atoms with van der Waals surface area (Å²) in [6.45, 7) is 0.0790. The number of nitrogens with zero attached hydrogens (tertiary/aromatic N) is 3. The first-order valence-corrected chi connectivity index (χ1v) is 8.25. The minimum atomic E-state index is -3.73. The second-order valence-electron chi connectivity index (χ2n) is 4.87. The number of nitrogens with two attached hydrogens (primary N) is 1. The van der Waals surface area contributed by atoms with Crippen LogP contribution >= 0.6 is 0 Å². The molecule has 2 aromatic heterocycles. The Morgan fingerprint density at radius 1 is 1.35 bits per heavy atom. The average Bonchev–Trinajstić information content (AvgIpc) is 3.00. The van der Waals surface area contributed by atoms with Crippen LogP contribution in [0, 0.1) is 0 Å². The van der Waals surface area contributed by atoms with Crippen LogP contribution in [0.15, 0.2) is 42.9 Å². The molecule has 3 N–H and O–H groups in total. The van der Waals surface area contributed by atoms with E-state index in [9.17, 15) is 8.42 Å². The molecule has 0 fully saturated rings. The number of pyridine rings is 1. The smallest absolute Gasteiger partial charge is 0.274 e. The van der Waals surface area contributed by atoms with E-state index in [1.54, 1.807) is 30.4 Å². The van der Waals surface area contributed by atoms with E-state index >= 15 is 0 Å². The minimum Gasteiger partial charge on any atom is -0.497 e.